The average Bonchev–Trinajstić information content (AvgIpc) is 3.24. The lowest BCUT2D eigenvalue weighted by Crippen LogP contribution is -2.40. The number of carbonyl (C=O) groups is 1. The summed E-state index contributed by atoms with van der Waals surface area (Å²) in [6.07, 6.45) is 3.41. The number of thiophene rings is 1. The van der Waals surface area contributed by atoms with Crippen LogP contribution >= 0.6 is 11.3 Å². The number of nitrogens with one attached hydrogen (secondary N) is 1. The second kappa shape index (κ2) is 5.96. The molecule has 5 nitrogen and oxygen atoms in total. The molecular weight excluding hydrogens is 308 g/mol. The minimum Gasteiger partial charge on any atom is -0.344 e. The van der Waals surface area contributed by atoms with Crippen LogP contribution in [-0.2, 0) is 4.79 Å². The van der Waals surface area contributed by atoms with Crippen LogP contribution < -0.4 is 10.2 Å². The molecule has 6 heteroatoms. The monoisotopic (exact) mass is 324 g/mol. The number of hydrogen-bond donors (Lipinski definition) is 1. The van der Waals surface area contributed by atoms with Gasteiger partial charge < -0.3 is 10.2 Å². The molecule has 1 N–H and O–H groups in total. The van der Waals surface area contributed by atoms with Crippen molar-refractivity contribution >= 4 is 39.0 Å². The molecule has 23 heavy (non-hydrogen) atoms. The highest BCUT2D eigenvalue weighted by molar-refractivity contribution is 7.16. The summed E-state index contributed by atoms with van der Waals surface area (Å²) < 4.78 is 0. The highest BCUT2D eigenvalue weighted by Crippen LogP contribution is 2.32. The van der Waals surface area contributed by atoms with Gasteiger partial charge in [-0.05, 0) is 36.4 Å². The summed E-state index contributed by atoms with van der Waals surface area (Å²) in [5.41, 5.74) is 0.827. The van der Waals surface area contributed by atoms with Crippen LogP contribution in [0.5, 0.6) is 0 Å². The first kappa shape index (κ1) is 14.1. The fourth-order valence-electron chi connectivity index (χ4n) is 3.05. The Morgan fingerprint density at radius 1 is 1.22 bits per heavy atom. The number of anilines is 2. The molecule has 0 spiro atoms. The molecule has 0 saturated carbocycles. The number of nitrogens with zero attached hydrogens (tertiary/aromatic N) is 3. The van der Waals surface area contributed by atoms with Crippen molar-refractivity contribution in [2.75, 3.05) is 16.8 Å². The van der Waals surface area contributed by atoms with E-state index >= 15 is 0 Å². The Kier molecular flexibility index (Phi) is 3.67. The first-order valence-electron chi connectivity index (χ1n) is 7.64. The molecule has 4 rings (SSSR count). The van der Waals surface area contributed by atoms with Gasteiger partial charge in [0.15, 0.2) is 0 Å². The predicted molar refractivity (Wildman–Crippen MR) is 92.9 cm³/mol. The smallest absolute Gasteiger partial charge is 0.247 e. The maximum atomic E-state index is 12.7. The van der Waals surface area contributed by atoms with E-state index in [9.17, 15) is 4.79 Å². The number of para-hydroxylation sites is 1. The van der Waals surface area contributed by atoms with Gasteiger partial charge in [0.25, 0.3) is 0 Å². The van der Waals surface area contributed by atoms with Crippen LogP contribution in [0.1, 0.15) is 12.8 Å². The van der Waals surface area contributed by atoms with Gasteiger partial charge in [-0.1, -0.05) is 18.2 Å². The van der Waals surface area contributed by atoms with Crippen LogP contribution in [0.25, 0.3) is 10.2 Å². The molecule has 1 aromatic carbocycles. The zero-order valence-electron chi connectivity index (χ0n) is 12.5. The van der Waals surface area contributed by atoms with E-state index in [1.807, 2.05) is 41.8 Å². The first-order valence-corrected chi connectivity index (χ1v) is 8.51. The SMILES string of the molecule is O=C(Nc1ccccc1)[C@@H]1CCCN1c1ncnc2sccc12. The Bertz CT molecular complexity index is 833. The van der Waals surface area contributed by atoms with Crippen molar-refractivity contribution in [2.24, 2.45) is 0 Å². The number of aromatic nitrogens is 2. The first-order chi connectivity index (χ1) is 11.3. The van der Waals surface area contributed by atoms with Crippen LogP contribution in [-0.4, -0.2) is 28.5 Å². The summed E-state index contributed by atoms with van der Waals surface area (Å²) in [5.74, 6) is 0.887. The van der Waals surface area contributed by atoms with Gasteiger partial charge in [0.05, 0.1) is 5.39 Å². The largest absolute Gasteiger partial charge is 0.344 e. The summed E-state index contributed by atoms with van der Waals surface area (Å²) in [5, 5.41) is 6.04. The number of amides is 1. The van der Waals surface area contributed by atoms with Gasteiger partial charge in [0.1, 0.15) is 23.0 Å². The van der Waals surface area contributed by atoms with Crippen molar-refractivity contribution in [3.05, 3.63) is 48.1 Å². The summed E-state index contributed by atoms with van der Waals surface area (Å²) in [6, 6.07) is 11.4. The summed E-state index contributed by atoms with van der Waals surface area (Å²) in [7, 11) is 0. The van der Waals surface area contributed by atoms with Crippen LogP contribution in [0.3, 0.4) is 0 Å². The zero-order chi connectivity index (χ0) is 15.6. The number of rotatable bonds is 3. The van der Waals surface area contributed by atoms with E-state index in [2.05, 4.69) is 20.2 Å². The number of carbonyl (C=O) groups excluding carboxylic acids is 1. The minimum atomic E-state index is -0.187. The Hall–Kier alpha value is -2.47. The van der Waals surface area contributed by atoms with Gasteiger partial charge in [-0.3, -0.25) is 4.79 Å². The summed E-state index contributed by atoms with van der Waals surface area (Å²) in [4.78, 5) is 24.5. The van der Waals surface area contributed by atoms with Crippen molar-refractivity contribution in [1.82, 2.24) is 9.97 Å². The molecule has 3 heterocycles. The van der Waals surface area contributed by atoms with E-state index < -0.39 is 0 Å². The molecule has 0 aliphatic carbocycles. The number of fused-ring (bicyclic) bond motifs is 1. The highest BCUT2D eigenvalue weighted by atomic mass is 32.1. The van der Waals surface area contributed by atoms with Gasteiger partial charge in [-0.2, -0.15) is 0 Å². The van der Waals surface area contributed by atoms with Gasteiger partial charge in [-0.15, -0.1) is 11.3 Å². The predicted octanol–water partition coefficient (Wildman–Crippen LogP) is 3.30. The quantitative estimate of drug-likeness (QED) is 0.803. The molecule has 1 fully saturated rings. The highest BCUT2D eigenvalue weighted by Gasteiger charge is 2.32. The molecule has 3 aromatic rings. The second-order valence-corrected chi connectivity index (χ2v) is 6.44. The van der Waals surface area contributed by atoms with E-state index in [1.165, 1.54) is 0 Å². The standard InChI is InChI=1S/C17H16N4OS/c22-16(20-12-5-2-1-3-6-12)14-7-4-9-21(14)15-13-8-10-23-17(13)19-11-18-15/h1-3,5-6,8,10-11,14H,4,7,9H2,(H,20,22)/t14-/m0/s1. The molecule has 0 bridgehead atoms. The van der Waals surface area contributed by atoms with E-state index in [-0.39, 0.29) is 11.9 Å². The topological polar surface area (TPSA) is 58.1 Å². The van der Waals surface area contributed by atoms with Gasteiger partial charge in [-0.25, -0.2) is 9.97 Å². The molecule has 1 saturated heterocycles. The molecule has 2 aromatic heterocycles. The summed E-state index contributed by atoms with van der Waals surface area (Å²) >= 11 is 1.59. The maximum absolute atomic E-state index is 12.7. The van der Waals surface area contributed by atoms with E-state index in [0.29, 0.717) is 0 Å². The lowest BCUT2D eigenvalue weighted by molar-refractivity contribution is -0.117. The lowest BCUT2D eigenvalue weighted by Gasteiger charge is -2.25. The van der Waals surface area contributed by atoms with Crippen LogP contribution in [0.2, 0.25) is 0 Å². The van der Waals surface area contributed by atoms with Crippen molar-refractivity contribution in [3.63, 3.8) is 0 Å². The third kappa shape index (κ3) is 2.66. The van der Waals surface area contributed by atoms with Crippen molar-refractivity contribution < 1.29 is 4.79 Å². The van der Waals surface area contributed by atoms with Gasteiger partial charge >= 0.3 is 0 Å². The normalized spacial score (nSPS) is 17.6. The third-order valence-electron chi connectivity index (χ3n) is 4.11. The van der Waals surface area contributed by atoms with Crippen molar-refractivity contribution in [2.45, 2.75) is 18.9 Å². The molecule has 0 radical (unpaired) electrons. The Labute approximate surface area is 138 Å². The Balaban J connectivity index is 1.61. The van der Waals surface area contributed by atoms with Crippen molar-refractivity contribution in [3.8, 4) is 0 Å². The van der Waals surface area contributed by atoms with Crippen LogP contribution in [0, 0.1) is 0 Å². The zero-order valence-corrected chi connectivity index (χ0v) is 13.3. The van der Waals surface area contributed by atoms with Gasteiger partial charge in [0, 0.05) is 12.2 Å². The number of hydrogen-bond acceptors (Lipinski definition) is 5. The minimum absolute atomic E-state index is 0.0238. The molecule has 1 aliphatic rings. The lowest BCUT2D eigenvalue weighted by atomic mass is 10.2. The molecule has 1 atom stereocenters. The van der Waals surface area contributed by atoms with Crippen molar-refractivity contribution in [1.29, 1.82) is 0 Å². The molecule has 116 valence electrons. The fraction of sp³-hybridized carbons (Fsp3) is 0.235. The molecule has 1 aliphatic heterocycles. The summed E-state index contributed by atoms with van der Waals surface area (Å²) in [6.45, 7) is 0.842. The maximum Gasteiger partial charge on any atom is 0.247 e. The van der Waals surface area contributed by atoms with Crippen LogP contribution in [0.15, 0.2) is 48.1 Å². The van der Waals surface area contributed by atoms with Gasteiger partial charge in [0.2, 0.25) is 5.91 Å². The Morgan fingerprint density at radius 2 is 2.09 bits per heavy atom. The van der Waals surface area contributed by atoms with E-state index in [1.54, 1.807) is 17.7 Å². The number of benzene rings is 1. The third-order valence-corrected chi connectivity index (χ3v) is 4.93. The van der Waals surface area contributed by atoms with Crippen LogP contribution in [0.4, 0.5) is 11.5 Å². The van der Waals surface area contributed by atoms with E-state index in [4.69, 9.17) is 0 Å². The Morgan fingerprint density at radius 3 is 2.96 bits per heavy atom. The molecule has 1 amide bonds. The average molecular weight is 324 g/mol. The molecule has 0 unspecified atom stereocenters. The molecular formula is C17H16N4OS. The van der Waals surface area contributed by atoms with E-state index in [0.717, 1.165) is 41.1 Å². The second-order valence-electron chi connectivity index (χ2n) is 5.54. The fourth-order valence-corrected chi connectivity index (χ4v) is 3.77.